The van der Waals surface area contributed by atoms with Crippen molar-refractivity contribution in [1.82, 2.24) is 4.67 Å². The van der Waals surface area contributed by atoms with Crippen molar-refractivity contribution in [3.63, 3.8) is 0 Å². The number of rotatable bonds is 17. The Morgan fingerprint density at radius 2 is 1.16 bits per heavy atom. The van der Waals surface area contributed by atoms with Gasteiger partial charge in [-0.25, -0.2) is 9.24 Å². The van der Waals surface area contributed by atoms with E-state index in [9.17, 15) is 4.57 Å². The van der Waals surface area contributed by atoms with Gasteiger partial charge in [-0.1, -0.05) is 80.1 Å². The Morgan fingerprint density at radius 3 is 1.44 bits per heavy atom. The fraction of sp³-hybridized carbons (Fsp3) is 1.00. The molecule has 0 saturated carbocycles. The lowest BCUT2D eigenvalue weighted by atomic mass is 10.0. The summed E-state index contributed by atoms with van der Waals surface area (Å²) in [6, 6.07) is 0. The van der Waals surface area contributed by atoms with E-state index in [1.807, 2.05) is 18.5 Å². The minimum atomic E-state index is -3.19. The van der Waals surface area contributed by atoms with Crippen LogP contribution in [-0.4, -0.2) is 31.0 Å². The van der Waals surface area contributed by atoms with Crippen LogP contribution in [0.1, 0.15) is 92.9 Å². The van der Waals surface area contributed by atoms with Crippen molar-refractivity contribution in [1.29, 1.82) is 0 Å². The largest absolute Gasteiger partial charge is 0.408 e. The maximum absolute atomic E-state index is 13.4. The Kier molecular flexibility index (Phi) is 15.3. The molecule has 5 heteroatoms. The van der Waals surface area contributed by atoms with E-state index in [0.717, 1.165) is 25.7 Å². The highest BCUT2D eigenvalue weighted by Gasteiger charge is 2.33. The van der Waals surface area contributed by atoms with Gasteiger partial charge in [0, 0.05) is 13.1 Å². The van der Waals surface area contributed by atoms with Crippen LogP contribution in [0.5, 0.6) is 0 Å². The molecule has 0 aromatic rings. The van der Waals surface area contributed by atoms with Crippen LogP contribution < -0.4 is 0 Å². The zero-order chi connectivity index (χ0) is 19.1. The fourth-order valence-corrected chi connectivity index (χ4v) is 4.86. The molecule has 0 saturated heterocycles. The van der Waals surface area contributed by atoms with E-state index in [-0.39, 0.29) is 0 Å². The zero-order valence-electron chi connectivity index (χ0n) is 17.8. The summed E-state index contributed by atoms with van der Waals surface area (Å²) in [5.74, 6) is 0.934. The highest BCUT2D eigenvalue weighted by atomic mass is 31.2. The molecule has 0 N–H and O–H groups in total. The van der Waals surface area contributed by atoms with Crippen molar-refractivity contribution in [3.05, 3.63) is 0 Å². The van der Waals surface area contributed by atoms with Crippen LogP contribution in [0.25, 0.3) is 0 Å². The molecular weight excluding hydrogens is 333 g/mol. The topological polar surface area (TPSA) is 38.8 Å². The van der Waals surface area contributed by atoms with E-state index in [1.165, 1.54) is 25.7 Å². The molecular formula is C20H44NO3P. The van der Waals surface area contributed by atoms with Gasteiger partial charge in [-0.15, -0.1) is 0 Å². The normalized spacial score (nSPS) is 16.8. The fourth-order valence-electron chi connectivity index (χ4n) is 2.97. The molecule has 0 amide bonds. The van der Waals surface area contributed by atoms with Crippen molar-refractivity contribution in [3.8, 4) is 0 Å². The van der Waals surface area contributed by atoms with E-state index >= 15 is 0 Å². The van der Waals surface area contributed by atoms with E-state index in [4.69, 9.17) is 9.05 Å². The van der Waals surface area contributed by atoms with E-state index in [2.05, 4.69) is 27.7 Å². The van der Waals surface area contributed by atoms with Crippen molar-refractivity contribution < 1.29 is 13.6 Å². The molecule has 0 heterocycles. The summed E-state index contributed by atoms with van der Waals surface area (Å²) in [6.45, 7) is 15.3. The molecule has 0 aliphatic heterocycles. The van der Waals surface area contributed by atoms with Gasteiger partial charge in [0.25, 0.3) is 0 Å². The molecule has 0 bridgehead atoms. The average Bonchev–Trinajstić information content (AvgIpc) is 2.63. The third kappa shape index (κ3) is 10.1. The number of hydrogen-bond acceptors (Lipinski definition) is 3. The molecule has 0 aromatic carbocycles. The minimum absolute atomic E-state index is 0.467. The Labute approximate surface area is 157 Å². The first-order valence-corrected chi connectivity index (χ1v) is 12.1. The van der Waals surface area contributed by atoms with Crippen LogP contribution >= 0.6 is 7.75 Å². The standard InChI is InChI=1S/C20H44NO3P/c1-7-13-15-19(9-3)17-23-25(22,21(11-5)12-6)24-18-20(10-4)16-14-8-2/h19-20H,7-18H2,1-6H3. The van der Waals surface area contributed by atoms with Gasteiger partial charge in [0.2, 0.25) is 0 Å². The highest BCUT2D eigenvalue weighted by Crippen LogP contribution is 2.52. The summed E-state index contributed by atoms with van der Waals surface area (Å²) in [5.41, 5.74) is 0. The molecule has 0 aliphatic rings. The number of hydrogen-bond donors (Lipinski definition) is 0. The molecule has 0 radical (unpaired) electrons. The lowest BCUT2D eigenvalue weighted by molar-refractivity contribution is 0.119. The molecule has 2 atom stereocenters. The summed E-state index contributed by atoms with van der Waals surface area (Å²) in [5, 5.41) is 0. The van der Waals surface area contributed by atoms with Crippen LogP contribution in [0.3, 0.4) is 0 Å². The molecule has 2 unspecified atom stereocenters. The average molecular weight is 378 g/mol. The maximum Gasteiger partial charge on any atom is 0.408 e. The minimum Gasteiger partial charge on any atom is -0.296 e. The second-order valence-electron chi connectivity index (χ2n) is 7.03. The summed E-state index contributed by atoms with van der Waals surface area (Å²) < 4.78 is 27.3. The first kappa shape index (κ1) is 25.1. The maximum atomic E-state index is 13.4. The van der Waals surface area contributed by atoms with Gasteiger partial charge in [-0.3, -0.25) is 9.05 Å². The molecule has 0 aliphatic carbocycles. The predicted molar refractivity (Wildman–Crippen MR) is 109 cm³/mol. The number of unbranched alkanes of at least 4 members (excludes halogenated alkanes) is 2. The number of nitrogens with zero attached hydrogens (tertiary/aromatic N) is 1. The first-order chi connectivity index (χ1) is 12.0. The molecule has 0 spiro atoms. The molecule has 0 aromatic heterocycles. The van der Waals surface area contributed by atoms with Crippen molar-refractivity contribution in [2.75, 3.05) is 26.3 Å². The van der Waals surface area contributed by atoms with E-state index < -0.39 is 7.75 Å². The smallest absolute Gasteiger partial charge is 0.296 e. The highest BCUT2D eigenvalue weighted by molar-refractivity contribution is 7.51. The van der Waals surface area contributed by atoms with Gasteiger partial charge in [0.05, 0.1) is 13.2 Å². The molecule has 152 valence electrons. The van der Waals surface area contributed by atoms with Gasteiger partial charge in [-0.05, 0) is 24.7 Å². The second-order valence-corrected chi connectivity index (χ2v) is 9.05. The van der Waals surface area contributed by atoms with Crippen LogP contribution in [0.15, 0.2) is 0 Å². The van der Waals surface area contributed by atoms with Gasteiger partial charge in [0.1, 0.15) is 0 Å². The van der Waals surface area contributed by atoms with Crippen molar-refractivity contribution >= 4 is 7.75 Å². The molecule has 0 rings (SSSR count). The van der Waals surface area contributed by atoms with Crippen LogP contribution in [0, 0.1) is 11.8 Å². The lowest BCUT2D eigenvalue weighted by Gasteiger charge is -2.30. The van der Waals surface area contributed by atoms with Gasteiger partial charge < -0.3 is 0 Å². The quantitative estimate of drug-likeness (QED) is 0.258. The van der Waals surface area contributed by atoms with Crippen LogP contribution in [-0.2, 0) is 13.6 Å². The van der Waals surface area contributed by atoms with Gasteiger partial charge >= 0.3 is 7.75 Å². The summed E-state index contributed by atoms with van der Waals surface area (Å²) in [6.07, 6.45) is 9.18. The van der Waals surface area contributed by atoms with Crippen LogP contribution in [0.4, 0.5) is 0 Å². The van der Waals surface area contributed by atoms with E-state index in [0.29, 0.717) is 38.1 Å². The summed E-state index contributed by atoms with van der Waals surface area (Å²) >= 11 is 0. The van der Waals surface area contributed by atoms with Crippen LogP contribution in [0.2, 0.25) is 0 Å². The Morgan fingerprint density at radius 1 is 0.760 bits per heavy atom. The Hall–Kier alpha value is 0.110. The third-order valence-corrected chi connectivity index (χ3v) is 7.32. The zero-order valence-corrected chi connectivity index (χ0v) is 18.7. The first-order valence-electron chi connectivity index (χ1n) is 10.6. The SMILES string of the molecule is CCCCC(CC)COP(=O)(OCC(CC)CCCC)N(CC)CC. The lowest BCUT2D eigenvalue weighted by Crippen LogP contribution is -2.25. The van der Waals surface area contributed by atoms with Gasteiger partial charge in [0.15, 0.2) is 0 Å². The molecule has 25 heavy (non-hydrogen) atoms. The van der Waals surface area contributed by atoms with Gasteiger partial charge in [-0.2, -0.15) is 0 Å². The third-order valence-electron chi connectivity index (χ3n) is 5.11. The summed E-state index contributed by atoms with van der Waals surface area (Å²) in [4.78, 5) is 0. The summed E-state index contributed by atoms with van der Waals surface area (Å²) in [7, 11) is -3.19. The van der Waals surface area contributed by atoms with E-state index in [1.54, 1.807) is 0 Å². The van der Waals surface area contributed by atoms with Crippen molar-refractivity contribution in [2.24, 2.45) is 11.8 Å². The molecule has 0 fully saturated rings. The Bertz CT molecular complexity index is 324. The molecule has 4 nitrogen and oxygen atoms in total. The van der Waals surface area contributed by atoms with Crippen molar-refractivity contribution in [2.45, 2.75) is 92.9 Å². The second kappa shape index (κ2) is 15.2. The monoisotopic (exact) mass is 377 g/mol. The predicted octanol–water partition coefficient (Wildman–Crippen LogP) is 6.90. The Balaban J connectivity index is 4.84.